The van der Waals surface area contributed by atoms with Crippen LogP contribution in [0.1, 0.15) is 12.1 Å². The van der Waals surface area contributed by atoms with Crippen molar-refractivity contribution >= 4 is 0 Å². The van der Waals surface area contributed by atoms with Gasteiger partial charge in [-0.05, 0) is 29.8 Å². The summed E-state index contributed by atoms with van der Waals surface area (Å²) in [6.07, 6.45) is -1.29. The third kappa shape index (κ3) is 2.92. The van der Waals surface area contributed by atoms with Gasteiger partial charge in [-0.3, -0.25) is 0 Å². The van der Waals surface area contributed by atoms with Crippen LogP contribution < -0.4 is 4.74 Å². The molecule has 6 heteroatoms. The van der Waals surface area contributed by atoms with Crippen molar-refractivity contribution in [3.8, 4) is 22.6 Å². The number of para-hydroxylation sites is 1. The van der Waals surface area contributed by atoms with E-state index >= 15 is 0 Å². The number of ether oxygens (including phenoxy) is 1. The first-order valence-electron chi connectivity index (χ1n) is 6.87. The lowest BCUT2D eigenvalue weighted by Crippen LogP contribution is -1.95. The van der Waals surface area contributed by atoms with Crippen LogP contribution in [0.3, 0.4) is 0 Å². The number of halogens is 3. The van der Waals surface area contributed by atoms with Crippen molar-refractivity contribution in [2.24, 2.45) is 0 Å². The highest BCUT2D eigenvalue weighted by Crippen LogP contribution is 2.33. The predicted octanol–water partition coefficient (Wildman–Crippen LogP) is 4.62. The summed E-state index contributed by atoms with van der Waals surface area (Å²) < 4.78 is 46.7. The molecule has 0 aliphatic carbocycles. The van der Waals surface area contributed by atoms with E-state index in [0.717, 1.165) is 6.07 Å². The van der Waals surface area contributed by atoms with Gasteiger partial charge in [-0.15, -0.1) is 0 Å². The van der Waals surface area contributed by atoms with Crippen LogP contribution >= 0.6 is 0 Å². The molecule has 0 spiro atoms. The van der Waals surface area contributed by atoms with E-state index in [4.69, 9.17) is 4.74 Å². The summed E-state index contributed by atoms with van der Waals surface area (Å²) in [6.45, 7) is 0. The van der Waals surface area contributed by atoms with Gasteiger partial charge < -0.3 is 4.74 Å². The second-order valence-electron chi connectivity index (χ2n) is 4.86. The third-order valence-electron chi connectivity index (χ3n) is 3.43. The Bertz CT molecular complexity index is 816. The monoisotopic (exact) mass is 318 g/mol. The van der Waals surface area contributed by atoms with Gasteiger partial charge >= 0.3 is 0 Å². The Balaban J connectivity index is 2.11. The molecule has 0 saturated carbocycles. The number of alkyl halides is 2. The fourth-order valence-electron chi connectivity index (χ4n) is 2.32. The third-order valence-corrected chi connectivity index (χ3v) is 3.43. The van der Waals surface area contributed by atoms with Crippen molar-refractivity contribution in [3.05, 3.63) is 66.2 Å². The average molecular weight is 318 g/mol. The average Bonchev–Trinajstić information content (AvgIpc) is 3.01. The van der Waals surface area contributed by atoms with Crippen LogP contribution in [0.4, 0.5) is 13.2 Å². The van der Waals surface area contributed by atoms with Crippen LogP contribution in [0.25, 0.3) is 16.8 Å². The molecule has 23 heavy (non-hydrogen) atoms. The Labute approximate surface area is 130 Å². The molecule has 0 aliphatic rings. The summed E-state index contributed by atoms with van der Waals surface area (Å²) in [6, 6.07) is 13.0. The smallest absolute Gasteiger partial charge is 0.282 e. The molecular weight excluding hydrogens is 305 g/mol. The van der Waals surface area contributed by atoms with Crippen LogP contribution in [0.2, 0.25) is 0 Å². The highest BCUT2D eigenvalue weighted by Gasteiger charge is 2.21. The van der Waals surface area contributed by atoms with Crippen LogP contribution in [-0.4, -0.2) is 16.9 Å². The minimum atomic E-state index is -2.76. The number of hydrogen-bond acceptors (Lipinski definition) is 2. The minimum Gasteiger partial charge on any atom is -0.494 e. The fraction of sp³-hybridized carbons (Fsp3) is 0.118. The Morgan fingerprint density at radius 2 is 1.83 bits per heavy atom. The molecule has 3 rings (SSSR count). The van der Waals surface area contributed by atoms with Crippen molar-refractivity contribution in [2.45, 2.75) is 6.43 Å². The molecule has 3 aromatic rings. The van der Waals surface area contributed by atoms with Gasteiger partial charge in [0.2, 0.25) is 0 Å². The Morgan fingerprint density at radius 1 is 1.09 bits per heavy atom. The second kappa shape index (κ2) is 6.16. The Morgan fingerprint density at radius 3 is 2.43 bits per heavy atom. The summed E-state index contributed by atoms with van der Waals surface area (Å²) in [4.78, 5) is 0. The molecule has 3 nitrogen and oxygen atoms in total. The topological polar surface area (TPSA) is 27.1 Å². The predicted molar refractivity (Wildman–Crippen MR) is 80.5 cm³/mol. The summed E-state index contributed by atoms with van der Waals surface area (Å²) >= 11 is 0. The number of methoxy groups -OCH3 is 1. The zero-order valence-electron chi connectivity index (χ0n) is 12.2. The summed E-state index contributed by atoms with van der Waals surface area (Å²) in [5, 5.41) is 3.94. The van der Waals surface area contributed by atoms with Crippen molar-refractivity contribution in [1.82, 2.24) is 9.78 Å². The van der Waals surface area contributed by atoms with E-state index in [1.54, 1.807) is 24.3 Å². The largest absolute Gasteiger partial charge is 0.494 e. The van der Waals surface area contributed by atoms with E-state index in [1.807, 2.05) is 6.07 Å². The zero-order valence-corrected chi connectivity index (χ0v) is 12.2. The molecule has 0 aliphatic heterocycles. The van der Waals surface area contributed by atoms with Crippen LogP contribution in [0.5, 0.6) is 5.75 Å². The van der Waals surface area contributed by atoms with Crippen molar-refractivity contribution in [2.75, 3.05) is 7.11 Å². The van der Waals surface area contributed by atoms with Crippen molar-refractivity contribution in [3.63, 3.8) is 0 Å². The zero-order chi connectivity index (χ0) is 16.4. The highest BCUT2D eigenvalue weighted by atomic mass is 19.3. The molecule has 0 saturated heterocycles. The lowest BCUT2D eigenvalue weighted by molar-refractivity contribution is 0.146. The highest BCUT2D eigenvalue weighted by molar-refractivity contribution is 5.67. The summed E-state index contributed by atoms with van der Waals surface area (Å²) in [7, 11) is 1.34. The molecule has 0 radical (unpaired) electrons. The molecular formula is C17H13F3N2O. The fourth-order valence-corrected chi connectivity index (χ4v) is 2.32. The first-order chi connectivity index (χ1) is 11.1. The van der Waals surface area contributed by atoms with Gasteiger partial charge in [-0.1, -0.05) is 24.3 Å². The Kier molecular flexibility index (Phi) is 4.06. The first kappa shape index (κ1) is 15.1. The van der Waals surface area contributed by atoms with Gasteiger partial charge in [-0.2, -0.15) is 5.10 Å². The van der Waals surface area contributed by atoms with Gasteiger partial charge in [-0.25, -0.2) is 17.9 Å². The maximum atomic E-state index is 13.9. The molecule has 0 atom stereocenters. The molecule has 0 unspecified atom stereocenters. The quantitative estimate of drug-likeness (QED) is 0.701. The van der Waals surface area contributed by atoms with E-state index in [0.29, 0.717) is 11.3 Å². The lowest BCUT2D eigenvalue weighted by atomic mass is 10.1. The van der Waals surface area contributed by atoms with Crippen LogP contribution in [-0.2, 0) is 0 Å². The van der Waals surface area contributed by atoms with Gasteiger partial charge in [0, 0.05) is 11.8 Å². The molecule has 0 bridgehead atoms. The van der Waals surface area contributed by atoms with Crippen LogP contribution in [0.15, 0.2) is 54.7 Å². The van der Waals surface area contributed by atoms with Gasteiger partial charge in [0.1, 0.15) is 5.69 Å². The second-order valence-corrected chi connectivity index (χ2v) is 4.86. The summed E-state index contributed by atoms with van der Waals surface area (Å²) in [5.74, 6) is -0.555. The number of aromatic nitrogens is 2. The number of benzene rings is 2. The molecule has 1 aromatic heterocycles. The van der Waals surface area contributed by atoms with Crippen molar-refractivity contribution in [1.29, 1.82) is 0 Å². The molecule has 1 heterocycles. The van der Waals surface area contributed by atoms with Gasteiger partial charge in [0.25, 0.3) is 6.43 Å². The van der Waals surface area contributed by atoms with Gasteiger partial charge in [0.05, 0.1) is 12.8 Å². The van der Waals surface area contributed by atoms with Gasteiger partial charge in [0.15, 0.2) is 11.6 Å². The number of nitrogens with zero attached hydrogens (tertiary/aromatic N) is 2. The van der Waals surface area contributed by atoms with E-state index in [2.05, 4.69) is 5.10 Å². The first-order valence-corrected chi connectivity index (χ1v) is 6.87. The maximum Gasteiger partial charge on any atom is 0.282 e. The molecule has 0 fully saturated rings. The number of hydrogen-bond donors (Lipinski definition) is 0. The minimum absolute atomic E-state index is 0.0581. The SMILES string of the molecule is COc1ccc(-c2cn(-c3ccccc3)nc2C(F)F)cc1F. The maximum absolute atomic E-state index is 13.9. The molecule has 118 valence electrons. The van der Waals surface area contributed by atoms with E-state index in [1.165, 1.54) is 30.1 Å². The standard InChI is InChI=1S/C17H13F3N2O/c1-23-15-8-7-11(9-14(15)18)13-10-22(21-16(13)17(19)20)12-5-3-2-4-6-12/h2-10,17H,1H3. The molecule has 0 amide bonds. The van der Waals surface area contributed by atoms with E-state index in [-0.39, 0.29) is 11.3 Å². The van der Waals surface area contributed by atoms with Crippen LogP contribution in [0, 0.1) is 5.82 Å². The summed E-state index contributed by atoms with van der Waals surface area (Å²) in [5.41, 5.74) is 0.763. The van der Waals surface area contributed by atoms with E-state index < -0.39 is 17.9 Å². The molecule has 2 aromatic carbocycles. The van der Waals surface area contributed by atoms with Crippen molar-refractivity contribution < 1.29 is 17.9 Å². The Hall–Kier alpha value is -2.76. The lowest BCUT2D eigenvalue weighted by Gasteiger charge is -2.05. The van der Waals surface area contributed by atoms with E-state index in [9.17, 15) is 13.2 Å². The molecule has 0 N–H and O–H groups in total. The number of rotatable bonds is 4. The normalized spacial score (nSPS) is 11.0.